The fourth-order valence-corrected chi connectivity index (χ4v) is 5.49. The number of carbonyl (C=O) groups is 1. The van der Waals surface area contributed by atoms with E-state index in [1.165, 1.54) is 19.1 Å². The van der Waals surface area contributed by atoms with E-state index in [1.807, 2.05) is 0 Å². The molecule has 0 fully saturated rings. The number of aromatic nitrogens is 2. The molecule has 0 atom stereocenters. The Morgan fingerprint density at radius 2 is 1.89 bits per heavy atom. The van der Waals surface area contributed by atoms with Crippen molar-refractivity contribution in [1.29, 1.82) is 0 Å². The highest BCUT2D eigenvalue weighted by Gasteiger charge is 2.36. The lowest BCUT2D eigenvalue weighted by Crippen LogP contribution is -2.34. The number of oxazole rings is 1. The third-order valence-corrected chi connectivity index (χ3v) is 7.69. The number of H-pyrrole nitrogens is 1. The van der Waals surface area contributed by atoms with E-state index in [0.29, 0.717) is 10.4 Å². The average molecular weight is 590 g/mol. The molecule has 15 heteroatoms. The van der Waals surface area contributed by atoms with Crippen LogP contribution in [0.4, 0.5) is 18.9 Å². The molecular formula is C23H16Cl2F3N3O6S. The lowest BCUT2D eigenvalue weighted by molar-refractivity contribution is -0.138. The zero-order valence-corrected chi connectivity index (χ0v) is 21.7. The second kappa shape index (κ2) is 10.1. The van der Waals surface area contributed by atoms with E-state index in [2.05, 4.69) is 9.97 Å². The normalized spacial score (nSPS) is 12.2. The molecule has 0 bridgehead atoms. The number of pyridine rings is 1. The summed E-state index contributed by atoms with van der Waals surface area (Å²) >= 11 is 12.3. The van der Waals surface area contributed by atoms with Gasteiger partial charge in [0.2, 0.25) is 5.78 Å². The molecule has 0 aliphatic carbocycles. The van der Waals surface area contributed by atoms with Gasteiger partial charge in [0.1, 0.15) is 12.4 Å². The molecule has 0 saturated carbocycles. The third-order valence-electron chi connectivity index (χ3n) is 5.43. The van der Waals surface area contributed by atoms with Gasteiger partial charge in [0.25, 0.3) is 10.0 Å². The zero-order chi connectivity index (χ0) is 28.0. The van der Waals surface area contributed by atoms with Gasteiger partial charge in [0.05, 0.1) is 37.3 Å². The SMILES string of the molecule is COCN(c1cc(Cl)cnc1C(=O)c1c(Cl)ccc2[nH]c(=O)oc12)S(=O)(=O)c1ccc(C)c(C(F)(F)F)c1. The molecule has 0 unspecified atom stereocenters. The Kier molecular flexibility index (Phi) is 7.32. The van der Waals surface area contributed by atoms with Crippen LogP contribution in [0.3, 0.4) is 0 Å². The number of alkyl halides is 3. The average Bonchev–Trinajstić information content (AvgIpc) is 3.21. The molecule has 0 amide bonds. The monoisotopic (exact) mass is 589 g/mol. The Bertz CT molecular complexity index is 1730. The molecule has 0 spiro atoms. The summed E-state index contributed by atoms with van der Waals surface area (Å²) in [6.07, 6.45) is -3.76. The van der Waals surface area contributed by atoms with Crippen molar-refractivity contribution >= 4 is 55.8 Å². The minimum absolute atomic E-state index is 0.0924. The Morgan fingerprint density at radius 3 is 2.55 bits per heavy atom. The van der Waals surface area contributed by atoms with Gasteiger partial charge in [-0.1, -0.05) is 29.3 Å². The standard InChI is InChI=1S/C23H16Cl2F3N3O6S/c1-11-3-4-13(8-14(11)23(26,27)28)38(34,35)31(10-36-2)17-7-12(24)9-29-19(17)20(32)18-15(25)5-6-16-21(18)37-22(33)30-16/h3-9H,10H2,1-2H3,(H,30,33). The summed E-state index contributed by atoms with van der Waals surface area (Å²) in [6.45, 7) is 0.463. The predicted molar refractivity (Wildman–Crippen MR) is 132 cm³/mol. The molecule has 4 rings (SSSR count). The van der Waals surface area contributed by atoms with E-state index in [4.69, 9.17) is 32.4 Å². The molecule has 2 aromatic heterocycles. The predicted octanol–water partition coefficient (Wildman–Crippen LogP) is 5.18. The second-order valence-corrected chi connectivity index (χ2v) is 10.6. The van der Waals surface area contributed by atoms with Crippen molar-refractivity contribution in [2.45, 2.75) is 18.0 Å². The number of hydrogen-bond acceptors (Lipinski definition) is 7. The highest BCUT2D eigenvalue weighted by atomic mass is 35.5. The number of sulfonamides is 1. The number of rotatable bonds is 7. The maximum Gasteiger partial charge on any atom is 0.417 e. The van der Waals surface area contributed by atoms with E-state index < -0.39 is 56.3 Å². The highest BCUT2D eigenvalue weighted by Crippen LogP contribution is 2.36. The molecule has 0 aliphatic rings. The lowest BCUT2D eigenvalue weighted by Gasteiger charge is -2.25. The summed E-state index contributed by atoms with van der Waals surface area (Å²) < 4.78 is 78.4. The molecule has 2 heterocycles. The molecular weight excluding hydrogens is 574 g/mol. The van der Waals surface area contributed by atoms with E-state index in [0.717, 1.165) is 31.5 Å². The minimum Gasteiger partial charge on any atom is -0.407 e. The first-order chi connectivity index (χ1) is 17.8. The zero-order valence-electron chi connectivity index (χ0n) is 19.4. The largest absolute Gasteiger partial charge is 0.417 e. The van der Waals surface area contributed by atoms with Crippen molar-refractivity contribution in [2.75, 3.05) is 18.1 Å². The maximum atomic E-state index is 13.6. The first-order valence-electron chi connectivity index (χ1n) is 10.5. The number of benzene rings is 2. The maximum absolute atomic E-state index is 13.6. The van der Waals surface area contributed by atoms with Crippen molar-refractivity contribution in [1.82, 2.24) is 9.97 Å². The smallest absolute Gasteiger partial charge is 0.407 e. The molecule has 9 nitrogen and oxygen atoms in total. The van der Waals surface area contributed by atoms with Crippen molar-refractivity contribution in [3.05, 3.63) is 85.6 Å². The van der Waals surface area contributed by atoms with Gasteiger partial charge in [-0.2, -0.15) is 13.2 Å². The van der Waals surface area contributed by atoms with Gasteiger partial charge in [-0.25, -0.2) is 22.5 Å². The third kappa shape index (κ3) is 5.01. The van der Waals surface area contributed by atoms with Crippen LogP contribution in [0.2, 0.25) is 10.0 Å². The summed E-state index contributed by atoms with van der Waals surface area (Å²) in [5.41, 5.74) is -2.63. The summed E-state index contributed by atoms with van der Waals surface area (Å²) in [5, 5.41) is -0.229. The molecule has 0 radical (unpaired) electrons. The number of anilines is 1. The van der Waals surface area contributed by atoms with Gasteiger partial charge in [0.15, 0.2) is 5.58 Å². The molecule has 38 heavy (non-hydrogen) atoms. The van der Waals surface area contributed by atoms with Crippen LogP contribution in [0.1, 0.15) is 27.2 Å². The minimum atomic E-state index is -4.82. The highest BCUT2D eigenvalue weighted by molar-refractivity contribution is 7.92. The molecule has 0 saturated heterocycles. The van der Waals surface area contributed by atoms with Crippen LogP contribution in [-0.4, -0.2) is 38.0 Å². The fraction of sp³-hybridized carbons (Fsp3) is 0.174. The Balaban J connectivity index is 1.93. The summed E-state index contributed by atoms with van der Waals surface area (Å²) in [6, 6.07) is 6.28. The summed E-state index contributed by atoms with van der Waals surface area (Å²) in [5.74, 6) is -1.82. The molecule has 0 aliphatic heterocycles. The number of halogens is 5. The van der Waals surface area contributed by atoms with Gasteiger partial charge in [0, 0.05) is 13.3 Å². The van der Waals surface area contributed by atoms with Crippen LogP contribution in [0.5, 0.6) is 0 Å². The number of aromatic amines is 1. The van der Waals surface area contributed by atoms with Crippen LogP contribution in [0.25, 0.3) is 11.1 Å². The molecule has 4 aromatic rings. The number of aryl methyl sites for hydroxylation is 1. The van der Waals surface area contributed by atoms with Gasteiger partial charge in [-0.15, -0.1) is 0 Å². The van der Waals surface area contributed by atoms with Crippen LogP contribution in [-0.2, 0) is 20.9 Å². The quantitative estimate of drug-likeness (QED) is 0.233. The number of nitrogens with one attached hydrogen (secondary N) is 1. The van der Waals surface area contributed by atoms with Gasteiger partial charge in [-0.05, 0) is 42.8 Å². The number of fused-ring (bicyclic) bond motifs is 1. The second-order valence-electron chi connectivity index (χ2n) is 7.91. The summed E-state index contributed by atoms with van der Waals surface area (Å²) in [4.78, 5) is 31.0. The van der Waals surface area contributed by atoms with Crippen molar-refractivity contribution in [3.63, 3.8) is 0 Å². The van der Waals surface area contributed by atoms with Crippen molar-refractivity contribution in [2.24, 2.45) is 0 Å². The van der Waals surface area contributed by atoms with Crippen LogP contribution in [0.15, 0.2) is 56.7 Å². The Labute approximate surface area is 222 Å². The van der Waals surface area contributed by atoms with Crippen LogP contribution >= 0.6 is 23.2 Å². The van der Waals surface area contributed by atoms with E-state index in [-0.39, 0.29) is 32.3 Å². The number of nitrogens with zero attached hydrogens (tertiary/aromatic N) is 2. The van der Waals surface area contributed by atoms with E-state index >= 15 is 0 Å². The fourth-order valence-electron chi connectivity index (χ4n) is 3.69. The number of ketones is 1. The number of hydrogen-bond donors (Lipinski definition) is 1. The topological polar surface area (TPSA) is 123 Å². The number of methoxy groups -OCH3 is 1. The van der Waals surface area contributed by atoms with Gasteiger partial charge < -0.3 is 9.15 Å². The van der Waals surface area contributed by atoms with Crippen LogP contribution in [0, 0.1) is 6.92 Å². The van der Waals surface area contributed by atoms with E-state index in [1.54, 1.807) is 0 Å². The van der Waals surface area contributed by atoms with Crippen molar-refractivity contribution in [3.8, 4) is 0 Å². The molecule has 1 N–H and O–H groups in total. The first kappa shape index (κ1) is 27.6. The molecule has 200 valence electrons. The number of ether oxygens (including phenoxy) is 1. The molecule has 2 aromatic carbocycles. The van der Waals surface area contributed by atoms with Gasteiger partial charge in [-0.3, -0.25) is 9.78 Å². The summed E-state index contributed by atoms with van der Waals surface area (Å²) in [7, 11) is -3.63. The first-order valence-corrected chi connectivity index (χ1v) is 12.7. The van der Waals surface area contributed by atoms with E-state index in [9.17, 15) is 31.2 Å². The Morgan fingerprint density at radius 1 is 1.18 bits per heavy atom. The van der Waals surface area contributed by atoms with Crippen molar-refractivity contribution < 1.29 is 35.5 Å². The lowest BCUT2D eigenvalue weighted by atomic mass is 10.1. The number of carbonyl (C=O) groups excluding carboxylic acids is 1. The Hall–Kier alpha value is -3.39. The van der Waals surface area contributed by atoms with Gasteiger partial charge >= 0.3 is 11.9 Å². The van der Waals surface area contributed by atoms with Crippen LogP contribution < -0.4 is 10.1 Å².